The fourth-order valence-corrected chi connectivity index (χ4v) is 1.93. The molecule has 18 heavy (non-hydrogen) atoms. The summed E-state index contributed by atoms with van der Waals surface area (Å²) >= 11 is 0. The smallest absolute Gasteiger partial charge is 0.306 e. The maximum absolute atomic E-state index is 10.7. The SMILES string of the molecule is Cc1ncc(N2CCOC(CC(=O)O)C2)nc1C. The predicted octanol–water partition coefficient (Wildman–Crippen LogP) is 0.773. The second kappa shape index (κ2) is 5.30. The first-order valence-electron chi connectivity index (χ1n) is 5.95. The number of morpholine rings is 1. The average Bonchev–Trinajstić information content (AvgIpc) is 2.32. The van der Waals surface area contributed by atoms with Crippen LogP contribution in [0, 0.1) is 13.8 Å². The highest BCUT2D eigenvalue weighted by Crippen LogP contribution is 2.17. The highest BCUT2D eigenvalue weighted by molar-refractivity contribution is 5.67. The number of nitrogens with zero attached hydrogens (tertiary/aromatic N) is 3. The number of aliphatic carboxylic acids is 1. The van der Waals surface area contributed by atoms with Gasteiger partial charge in [-0.15, -0.1) is 0 Å². The zero-order chi connectivity index (χ0) is 13.1. The Balaban J connectivity index is 2.08. The van der Waals surface area contributed by atoms with Crippen molar-refractivity contribution in [2.75, 3.05) is 24.6 Å². The number of carboxylic acids is 1. The standard InChI is InChI=1S/C12H17N3O3/c1-8-9(2)14-11(6-13-8)15-3-4-18-10(7-15)5-12(16)17/h6,10H,3-5,7H2,1-2H3,(H,16,17). The van der Waals surface area contributed by atoms with Crippen molar-refractivity contribution < 1.29 is 14.6 Å². The van der Waals surface area contributed by atoms with Crippen LogP contribution in [0.3, 0.4) is 0 Å². The third kappa shape index (κ3) is 2.95. The molecule has 1 aliphatic heterocycles. The Kier molecular flexibility index (Phi) is 3.76. The summed E-state index contributed by atoms with van der Waals surface area (Å²) in [6.45, 7) is 5.61. The van der Waals surface area contributed by atoms with E-state index in [1.165, 1.54) is 0 Å². The average molecular weight is 251 g/mol. The van der Waals surface area contributed by atoms with Gasteiger partial charge in [-0.3, -0.25) is 9.78 Å². The van der Waals surface area contributed by atoms with E-state index < -0.39 is 5.97 Å². The fraction of sp³-hybridized carbons (Fsp3) is 0.583. The summed E-state index contributed by atoms with van der Waals surface area (Å²) in [5.41, 5.74) is 1.81. The van der Waals surface area contributed by atoms with Crippen LogP contribution < -0.4 is 4.90 Å². The van der Waals surface area contributed by atoms with Crippen LogP contribution in [0.4, 0.5) is 5.82 Å². The van der Waals surface area contributed by atoms with Gasteiger partial charge in [0.2, 0.25) is 0 Å². The fourth-order valence-electron chi connectivity index (χ4n) is 1.93. The number of hydrogen-bond donors (Lipinski definition) is 1. The monoisotopic (exact) mass is 251 g/mol. The number of anilines is 1. The van der Waals surface area contributed by atoms with Gasteiger partial charge in [-0.05, 0) is 13.8 Å². The van der Waals surface area contributed by atoms with Gasteiger partial charge in [0.1, 0.15) is 5.82 Å². The summed E-state index contributed by atoms with van der Waals surface area (Å²) in [5, 5.41) is 8.78. The molecule has 0 amide bonds. The molecule has 0 saturated carbocycles. The van der Waals surface area contributed by atoms with E-state index >= 15 is 0 Å². The molecule has 1 aromatic heterocycles. The Morgan fingerprint density at radius 1 is 1.56 bits per heavy atom. The number of hydrogen-bond acceptors (Lipinski definition) is 5. The van der Waals surface area contributed by atoms with Gasteiger partial charge < -0.3 is 14.7 Å². The van der Waals surface area contributed by atoms with Crippen LogP contribution in [-0.4, -0.2) is 46.8 Å². The molecule has 2 heterocycles. The lowest BCUT2D eigenvalue weighted by Crippen LogP contribution is -2.43. The van der Waals surface area contributed by atoms with E-state index in [9.17, 15) is 4.79 Å². The maximum Gasteiger partial charge on any atom is 0.306 e. The quantitative estimate of drug-likeness (QED) is 0.855. The highest BCUT2D eigenvalue weighted by atomic mass is 16.5. The van der Waals surface area contributed by atoms with Gasteiger partial charge in [-0.2, -0.15) is 0 Å². The second-order valence-corrected chi connectivity index (χ2v) is 4.44. The molecule has 1 saturated heterocycles. The molecule has 6 heteroatoms. The van der Waals surface area contributed by atoms with E-state index in [0.717, 1.165) is 17.2 Å². The molecule has 1 aromatic rings. The largest absolute Gasteiger partial charge is 0.481 e. The number of carbonyl (C=O) groups is 1. The molecular weight excluding hydrogens is 234 g/mol. The molecule has 1 unspecified atom stereocenters. The van der Waals surface area contributed by atoms with Crippen LogP contribution in [0.15, 0.2) is 6.20 Å². The molecule has 0 spiro atoms. The lowest BCUT2D eigenvalue weighted by Gasteiger charge is -2.33. The minimum Gasteiger partial charge on any atom is -0.481 e. The van der Waals surface area contributed by atoms with Crippen LogP contribution in [-0.2, 0) is 9.53 Å². The van der Waals surface area contributed by atoms with Crippen LogP contribution >= 0.6 is 0 Å². The first kappa shape index (κ1) is 12.8. The molecule has 1 aliphatic rings. The molecule has 1 atom stereocenters. The van der Waals surface area contributed by atoms with Crippen molar-refractivity contribution in [2.45, 2.75) is 26.4 Å². The van der Waals surface area contributed by atoms with E-state index in [1.807, 2.05) is 18.7 Å². The summed E-state index contributed by atoms with van der Waals surface area (Å²) in [6.07, 6.45) is 1.47. The topological polar surface area (TPSA) is 75.6 Å². The molecule has 0 aliphatic carbocycles. The summed E-state index contributed by atoms with van der Waals surface area (Å²) in [6, 6.07) is 0. The summed E-state index contributed by atoms with van der Waals surface area (Å²) < 4.78 is 5.42. The number of aryl methyl sites for hydroxylation is 2. The van der Waals surface area contributed by atoms with Crippen molar-refractivity contribution >= 4 is 11.8 Å². The van der Waals surface area contributed by atoms with Gasteiger partial charge in [0, 0.05) is 13.1 Å². The Hall–Kier alpha value is -1.69. The zero-order valence-electron chi connectivity index (χ0n) is 10.6. The third-order valence-corrected chi connectivity index (χ3v) is 3.04. The van der Waals surface area contributed by atoms with Crippen molar-refractivity contribution in [3.8, 4) is 0 Å². The Morgan fingerprint density at radius 3 is 3.00 bits per heavy atom. The number of rotatable bonds is 3. The highest BCUT2D eigenvalue weighted by Gasteiger charge is 2.23. The Labute approximate surface area is 106 Å². The predicted molar refractivity (Wildman–Crippen MR) is 65.7 cm³/mol. The molecule has 2 rings (SSSR count). The first-order chi connectivity index (χ1) is 8.56. The van der Waals surface area contributed by atoms with E-state index in [2.05, 4.69) is 9.97 Å². The molecule has 98 valence electrons. The molecule has 0 radical (unpaired) electrons. The van der Waals surface area contributed by atoms with E-state index in [4.69, 9.17) is 9.84 Å². The van der Waals surface area contributed by atoms with Crippen molar-refractivity contribution in [3.63, 3.8) is 0 Å². The normalized spacial score (nSPS) is 19.9. The van der Waals surface area contributed by atoms with Crippen molar-refractivity contribution in [3.05, 3.63) is 17.6 Å². The number of aromatic nitrogens is 2. The molecular formula is C12H17N3O3. The molecule has 0 bridgehead atoms. The van der Waals surface area contributed by atoms with Crippen molar-refractivity contribution in [2.24, 2.45) is 0 Å². The first-order valence-corrected chi connectivity index (χ1v) is 5.95. The van der Waals surface area contributed by atoms with Crippen molar-refractivity contribution in [1.82, 2.24) is 9.97 Å². The van der Waals surface area contributed by atoms with Crippen LogP contribution in [0.25, 0.3) is 0 Å². The third-order valence-electron chi connectivity index (χ3n) is 3.04. The van der Waals surface area contributed by atoms with E-state index in [-0.39, 0.29) is 12.5 Å². The summed E-state index contributed by atoms with van der Waals surface area (Å²) in [7, 11) is 0. The summed E-state index contributed by atoms with van der Waals surface area (Å²) in [4.78, 5) is 21.5. The van der Waals surface area contributed by atoms with Gasteiger partial charge >= 0.3 is 5.97 Å². The molecule has 1 N–H and O–H groups in total. The lowest BCUT2D eigenvalue weighted by molar-refractivity contribution is -0.140. The molecule has 6 nitrogen and oxygen atoms in total. The van der Waals surface area contributed by atoms with E-state index in [1.54, 1.807) is 6.20 Å². The Bertz CT molecular complexity index is 450. The maximum atomic E-state index is 10.7. The number of carboxylic acid groups (broad SMARTS) is 1. The second-order valence-electron chi connectivity index (χ2n) is 4.44. The zero-order valence-corrected chi connectivity index (χ0v) is 10.6. The minimum absolute atomic E-state index is 0.0226. The minimum atomic E-state index is -0.840. The van der Waals surface area contributed by atoms with Gasteiger partial charge in [0.15, 0.2) is 0 Å². The molecule has 0 aromatic carbocycles. The van der Waals surface area contributed by atoms with E-state index in [0.29, 0.717) is 19.7 Å². The van der Waals surface area contributed by atoms with Gasteiger partial charge in [-0.25, -0.2) is 4.98 Å². The summed E-state index contributed by atoms with van der Waals surface area (Å²) in [5.74, 6) is -0.0511. The number of ether oxygens (including phenoxy) is 1. The van der Waals surface area contributed by atoms with Crippen molar-refractivity contribution in [1.29, 1.82) is 0 Å². The van der Waals surface area contributed by atoms with Gasteiger partial charge in [0.25, 0.3) is 0 Å². The van der Waals surface area contributed by atoms with Crippen LogP contribution in [0.1, 0.15) is 17.8 Å². The van der Waals surface area contributed by atoms with Gasteiger partial charge in [0.05, 0.1) is 36.7 Å². The molecule has 1 fully saturated rings. The van der Waals surface area contributed by atoms with Crippen LogP contribution in [0.5, 0.6) is 0 Å². The van der Waals surface area contributed by atoms with Gasteiger partial charge in [-0.1, -0.05) is 0 Å². The Morgan fingerprint density at radius 2 is 2.33 bits per heavy atom. The van der Waals surface area contributed by atoms with Crippen LogP contribution in [0.2, 0.25) is 0 Å². The lowest BCUT2D eigenvalue weighted by atomic mass is 10.2.